The smallest absolute Gasteiger partial charge is 0.253 e. The van der Waals surface area contributed by atoms with E-state index < -0.39 is 0 Å². The lowest BCUT2D eigenvalue weighted by atomic mass is 9.95. The molecule has 1 fully saturated rings. The van der Waals surface area contributed by atoms with Crippen molar-refractivity contribution in [3.63, 3.8) is 0 Å². The molecule has 1 aliphatic heterocycles. The lowest BCUT2D eigenvalue weighted by molar-refractivity contribution is 0.0773. The summed E-state index contributed by atoms with van der Waals surface area (Å²) >= 11 is 0. The number of nitrogens with zero attached hydrogens (tertiary/aromatic N) is 4. The highest BCUT2D eigenvalue weighted by atomic mass is 16.3. The molecule has 0 saturated carbocycles. The van der Waals surface area contributed by atoms with Crippen molar-refractivity contribution in [2.45, 2.75) is 26.4 Å². The molecule has 1 amide bonds. The van der Waals surface area contributed by atoms with Gasteiger partial charge in [0.25, 0.3) is 5.91 Å². The molecular weight excluding hydrogens is 436 g/mol. The van der Waals surface area contributed by atoms with Gasteiger partial charge in [-0.15, -0.1) is 4.91 Å². The molecule has 3 aromatic rings. The highest BCUT2D eigenvalue weighted by Gasteiger charge is 2.27. The van der Waals surface area contributed by atoms with Gasteiger partial charge in [-0.25, -0.2) is 0 Å². The Morgan fingerprint density at radius 3 is 2.17 bits per heavy atom. The van der Waals surface area contributed by atoms with Gasteiger partial charge < -0.3 is 4.90 Å². The molecule has 182 valence electrons. The molecule has 1 saturated heterocycles. The Kier molecular flexibility index (Phi) is 8.40. The molecule has 6 nitrogen and oxygen atoms in total. The van der Waals surface area contributed by atoms with Gasteiger partial charge in [0.2, 0.25) is 0 Å². The molecule has 0 aromatic heterocycles. The van der Waals surface area contributed by atoms with E-state index in [1.165, 1.54) is 5.56 Å². The monoisotopic (exact) mass is 470 g/mol. The Hall–Kier alpha value is -3.35. The van der Waals surface area contributed by atoms with E-state index in [0.29, 0.717) is 24.3 Å². The Balaban J connectivity index is 1.56. The summed E-state index contributed by atoms with van der Waals surface area (Å²) in [5.41, 5.74) is 4.62. The molecule has 0 bridgehead atoms. The van der Waals surface area contributed by atoms with Crippen LogP contribution in [0.1, 0.15) is 46.9 Å². The van der Waals surface area contributed by atoms with Gasteiger partial charge in [0.1, 0.15) is 5.69 Å². The molecule has 0 N–H and O–H groups in total. The van der Waals surface area contributed by atoms with Crippen molar-refractivity contribution in [3.8, 4) is 0 Å². The number of amides is 1. The van der Waals surface area contributed by atoms with Crippen LogP contribution in [0.2, 0.25) is 0 Å². The van der Waals surface area contributed by atoms with Gasteiger partial charge in [0.05, 0.1) is 6.04 Å². The number of piperazine rings is 1. The molecule has 4 rings (SSSR count). The second-order valence-corrected chi connectivity index (χ2v) is 8.99. The molecule has 1 aliphatic rings. The topological polar surface area (TPSA) is 56.2 Å². The molecule has 1 atom stereocenters. The maximum absolute atomic E-state index is 12.8. The van der Waals surface area contributed by atoms with Gasteiger partial charge in [-0.05, 0) is 60.0 Å². The number of hydrogen-bond donors (Lipinski definition) is 0. The van der Waals surface area contributed by atoms with E-state index in [-0.39, 0.29) is 11.9 Å². The first kappa shape index (κ1) is 24.8. The van der Waals surface area contributed by atoms with Crippen molar-refractivity contribution >= 4 is 11.6 Å². The highest BCUT2D eigenvalue weighted by Crippen LogP contribution is 2.32. The lowest BCUT2D eigenvalue weighted by Gasteiger charge is -2.40. The third-order valence-electron chi connectivity index (χ3n) is 6.84. The Morgan fingerprint density at radius 1 is 0.857 bits per heavy atom. The maximum atomic E-state index is 12.8. The fourth-order valence-corrected chi connectivity index (χ4v) is 4.89. The van der Waals surface area contributed by atoms with Crippen LogP contribution in [-0.4, -0.2) is 59.9 Å². The van der Waals surface area contributed by atoms with E-state index in [1.807, 2.05) is 43.0 Å². The number of rotatable bonds is 9. The van der Waals surface area contributed by atoms with Gasteiger partial charge in [-0.1, -0.05) is 54.6 Å². The van der Waals surface area contributed by atoms with Crippen LogP contribution in [0.15, 0.2) is 84.0 Å². The largest absolute Gasteiger partial charge is 0.339 e. The van der Waals surface area contributed by atoms with Crippen molar-refractivity contribution in [2.24, 2.45) is 5.18 Å². The second kappa shape index (κ2) is 11.9. The molecule has 1 heterocycles. The zero-order valence-corrected chi connectivity index (χ0v) is 20.6. The van der Waals surface area contributed by atoms with Gasteiger partial charge in [0, 0.05) is 51.4 Å². The first-order valence-electron chi connectivity index (χ1n) is 12.5. The van der Waals surface area contributed by atoms with E-state index in [4.69, 9.17) is 0 Å². The average Bonchev–Trinajstić information content (AvgIpc) is 2.91. The van der Waals surface area contributed by atoms with Crippen molar-refractivity contribution in [2.75, 3.05) is 39.3 Å². The normalized spacial score (nSPS) is 15.5. The van der Waals surface area contributed by atoms with Crippen LogP contribution >= 0.6 is 0 Å². The summed E-state index contributed by atoms with van der Waals surface area (Å²) in [4.78, 5) is 30.8. The molecule has 35 heavy (non-hydrogen) atoms. The summed E-state index contributed by atoms with van der Waals surface area (Å²) in [6.07, 6.45) is 0. The van der Waals surface area contributed by atoms with Crippen LogP contribution < -0.4 is 0 Å². The molecule has 0 spiro atoms. The van der Waals surface area contributed by atoms with Gasteiger partial charge in [-0.2, -0.15) is 0 Å². The van der Waals surface area contributed by atoms with E-state index in [2.05, 4.69) is 63.5 Å². The van der Waals surface area contributed by atoms with Crippen LogP contribution in [0, 0.1) is 4.91 Å². The zero-order valence-electron chi connectivity index (χ0n) is 20.6. The van der Waals surface area contributed by atoms with Crippen LogP contribution in [0.3, 0.4) is 0 Å². The van der Waals surface area contributed by atoms with Crippen LogP contribution in [0.5, 0.6) is 0 Å². The predicted octanol–water partition coefficient (Wildman–Crippen LogP) is 5.47. The third-order valence-corrected chi connectivity index (χ3v) is 6.84. The van der Waals surface area contributed by atoms with Crippen molar-refractivity contribution in [1.82, 2.24) is 14.7 Å². The fraction of sp³-hybridized carbons (Fsp3) is 0.345. The minimum absolute atomic E-state index is 0.00631. The number of carbonyl (C=O) groups is 1. The van der Waals surface area contributed by atoms with Crippen molar-refractivity contribution in [1.29, 1.82) is 0 Å². The zero-order chi connectivity index (χ0) is 24.6. The van der Waals surface area contributed by atoms with Gasteiger partial charge in [-0.3, -0.25) is 14.6 Å². The summed E-state index contributed by atoms with van der Waals surface area (Å²) < 4.78 is 0. The maximum Gasteiger partial charge on any atom is 0.253 e. The summed E-state index contributed by atoms with van der Waals surface area (Å²) in [6, 6.07) is 26.1. The number of nitroso groups, excluding NO2 is 1. The third kappa shape index (κ3) is 6.02. The Morgan fingerprint density at radius 2 is 1.54 bits per heavy atom. The van der Waals surface area contributed by atoms with Crippen molar-refractivity contribution in [3.05, 3.63) is 106 Å². The number of benzene rings is 3. The van der Waals surface area contributed by atoms with Gasteiger partial charge >= 0.3 is 0 Å². The molecule has 0 aliphatic carbocycles. The molecule has 3 aromatic carbocycles. The van der Waals surface area contributed by atoms with E-state index >= 15 is 0 Å². The lowest BCUT2D eigenvalue weighted by Crippen LogP contribution is -2.47. The molecule has 0 unspecified atom stereocenters. The summed E-state index contributed by atoms with van der Waals surface area (Å²) in [5.74, 6) is 0.0554. The minimum atomic E-state index is -0.00631. The quantitative estimate of drug-likeness (QED) is 0.389. The highest BCUT2D eigenvalue weighted by molar-refractivity contribution is 5.94. The van der Waals surface area contributed by atoms with Crippen LogP contribution in [-0.2, 0) is 6.54 Å². The van der Waals surface area contributed by atoms with E-state index in [0.717, 1.165) is 43.9 Å². The SMILES string of the molecule is CCN(CC)C(=O)c1ccc([C@H](c2cccc(N=O)c2)N2CCN(Cc3ccccc3)CC2)cc1. The molecule has 6 heteroatoms. The standard InChI is InChI=1S/C29H34N4O2/c1-3-32(4-2)29(34)25-15-13-24(14-16-25)28(26-11-8-12-27(21-26)30-35)33-19-17-31(18-20-33)22-23-9-6-5-7-10-23/h5-16,21,28H,3-4,17-20,22H2,1-2H3/t28-/m1/s1. The summed E-state index contributed by atoms with van der Waals surface area (Å²) in [5, 5.41) is 3.16. The first-order chi connectivity index (χ1) is 17.1. The average molecular weight is 471 g/mol. The summed E-state index contributed by atoms with van der Waals surface area (Å²) in [6.45, 7) is 10.1. The first-order valence-corrected chi connectivity index (χ1v) is 12.5. The Labute approximate surface area is 208 Å². The fourth-order valence-electron chi connectivity index (χ4n) is 4.89. The second-order valence-electron chi connectivity index (χ2n) is 8.99. The number of carbonyl (C=O) groups excluding carboxylic acids is 1. The summed E-state index contributed by atoms with van der Waals surface area (Å²) in [7, 11) is 0. The van der Waals surface area contributed by atoms with Crippen LogP contribution in [0.4, 0.5) is 5.69 Å². The van der Waals surface area contributed by atoms with E-state index in [1.54, 1.807) is 6.07 Å². The van der Waals surface area contributed by atoms with Crippen LogP contribution in [0.25, 0.3) is 0 Å². The van der Waals surface area contributed by atoms with E-state index in [9.17, 15) is 9.70 Å². The number of hydrogen-bond acceptors (Lipinski definition) is 5. The molecule has 0 radical (unpaired) electrons. The van der Waals surface area contributed by atoms with Gasteiger partial charge in [0.15, 0.2) is 0 Å². The van der Waals surface area contributed by atoms with Crippen molar-refractivity contribution < 1.29 is 4.79 Å². The molecular formula is C29H34N4O2. The Bertz CT molecular complexity index is 1110. The minimum Gasteiger partial charge on any atom is -0.339 e. The predicted molar refractivity (Wildman–Crippen MR) is 141 cm³/mol.